The average Bonchev–Trinajstić information content (AvgIpc) is 3.02. The van der Waals surface area contributed by atoms with E-state index in [9.17, 15) is 0 Å². The van der Waals surface area contributed by atoms with Crippen LogP contribution >= 0.6 is 11.6 Å². The Hall–Kier alpha value is -2.11. The number of rotatable bonds is 9. The van der Waals surface area contributed by atoms with Crippen molar-refractivity contribution in [3.63, 3.8) is 0 Å². The van der Waals surface area contributed by atoms with E-state index in [2.05, 4.69) is 24.4 Å². The lowest BCUT2D eigenvalue weighted by Gasteiger charge is -2.17. The summed E-state index contributed by atoms with van der Waals surface area (Å²) in [4.78, 5) is 0. The second-order valence-corrected chi connectivity index (χ2v) is 7.92. The highest BCUT2D eigenvalue weighted by atomic mass is 35.5. The van der Waals surface area contributed by atoms with E-state index in [1.807, 2.05) is 32.9 Å². The molecule has 29 heavy (non-hydrogen) atoms. The van der Waals surface area contributed by atoms with Crippen LogP contribution in [0, 0.1) is 0 Å². The third kappa shape index (κ3) is 5.28. The molecule has 2 aromatic rings. The Morgan fingerprint density at radius 3 is 2.66 bits per heavy atom. The zero-order chi connectivity index (χ0) is 21.0. The summed E-state index contributed by atoms with van der Waals surface area (Å²) in [6.07, 6.45) is 1.16. The summed E-state index contributed by atoms with van der Waals surface area (Å²) < 4.78 is 23.0. The standard InChI is InChI=1S/C23H30ClNO4/c1-6-27-20-10-17-7-15(4)29-21(17)11-18(20)13-25-12-16-8-19(24)23(28-14(2)3)22(9-16)26-5/h8-11,14-15,25H,6-7,12-13H2,1-5H3/t15-/m1/s1. The van der Waals surface area contributed by atoms with Crippen LogP contribution in [0.1, 0.15) is 44.4 Å². The summed E-state index contributed by atoms with van der Waals surface area (Å²) in [5.41, 5.74) is 3.31. The van der Waals surface area contributed by atoms with Gasteiger partial charge in [-0.2, -0.15) is 0 Å². The topological polar surface area (TPSA) is 49.0 Å². The first-order valence-corrected chi connectivity index (χ1v) is 10.5. The number of nitrogens with one attached hydrogen (secondary N) is 1. The molecule has 1 atom stereocenters. The monoisotopic (exact) mass is 419 g/mol. The lowest BCUT2D eigenvalue weighted by Crippen LogP contribution is -2.14. The van der Waals surface area contributed by atoms with Crippen molar-refractivity contribution in [3.8, 4) is 23.0 Å². The number of hydrogen-bond donors (Lipinski definition) is 1. The molecule has 0 saturated carbocycles. The molecule has 0 unspecified atom stereocenters. The summed E-state index contributed by atoms with van der Waals surface area (Å²) in [5, 5.41) is 4.01. The molecule has 1 N–H and O–H groups in total. The largest absolute Gasteiger partial charge is 0.494 e. The molecule has 5 nitrogen and oxygen atoms in total. The fraction of sp³-hybridized carbons (Fsp3) is 0.478. The molecular formula is C23H30ClNO4. The Balaban J connectivity index is 1.71. The minimum atomic E-state index is 0.0205. The fourth-order valence-corrected chi connectivity index (χ4v) is 3.75. The zero-order valence-electron chi connectivity index (χ0n) is 17.8. The van der Waals surface area contributed by atoms with E-state index < -0.39 is 0 Å². The molecule has 1 aliphatic heterocycles. The molecule has 0 spiro atoms. The van der Waals surface area contributed by atoms with E-state index in [0.29, 0.717) is 36.2 Å². The summed E-state index contributed by atoms with van der Waals surface area (Å²) in [5.74, 6) is 3.08. The van der Waals surface area contributed by atoms with Gasteiger partial charge in [-0.25, -0.2) is 0 Å². The molecule has 0 fully saturated rings. The number of hydrogen-bond acceptors (Lipinski definition) is 5. The first-order valence-electron chi connectivity index (χ1n) is 10.1. The molecule has 1 heterocycles. The molecular weight excluding hydrogens is 390 g/mol. The molecule has 0 bridgehead atoms. The van der Waals surface area contributed by atoms with Crippen molar-refractivity contribution in [3.05, 3.63) is 46.0 Å². The Kier molecular flexibility index (Phi) is 7.14. The second-order valence-electron chi connectivity index (χ2n) is 7.51. The predicted molar refractivity (Wildman–Crippen MR) is 116 cm³/mol. The Morgan fingerprint density at radius 2 is 1.97 bits per heavy atom. The highest BCUT2D eigenvalue weighted by Gasteiger charge is 2.22. The molecule has 158 valence electrons. The Morgan fingerprint density at radius 1 is 1.17 bits per heavy atom. The van der Waals surface area contributed by atoms with Gasteiger partial charge in [0.05, 0.1) is 24.8 Å². The molecule has 3 rings (SSSR count). The van der Waals surface area contributed by atoms with Crippen LogP contribution in [-0.4, -0.2) is 25.9 Å². The first kappa shape index (κ1) is 21.6. The highest BCUT2D eigenvalue weighted by molar-refractivity contribution is 6.32. The van der Waals surface area contributed by atoms with Crippen molar-refractivity contribution in [2.75, 3.05) is 13.7 Å². The fourth-order valence-electron chi connectivity index (χ4n) is 3.48. The Labute approximate surface area is 178 Å². The number of ether oxygens (including phenoxy) is 4. The van der Waals surface area contributed by atoms with E-state index in [-0.39, 0.29) is 12.2 Å². The van der Waals surface area contributed by atoms with Crippen LogP contribution < -0.4 is 24.3 Å². The third-order valence-corrected chi connectivity index (χ3v) is 4.95. The lowest BCUT2D eigenvalue weighted by molar-refractivity contribution is 0.230. The van der Waals surface area contributed by atoms with Gasteiger partial charge < -0.3 is 24.3 Å². The van der Waals surface area contributed by atoms with E-state index in [1.165, 1.54) is 5.56 Å². The minimum absolute atomic E-state index is 0.0205. The SMILES string of the molecule is CCOc1cc2c(cc1CNCc1cc(Cl)c(OC(C)C)c(OC)c1)O[C@H](C)C2. The number of benzene rings is 2. The maximum atomic E-state index is 6.43. The summed E-state index contributed by atoms with van der Waals surface area (Å²) in [6, 6.07) is 8.06. The van der Waals surface area contributed by atoms with Crippen LogP contribution in [0.4, 0.5) is 0 Å². The van der Waals surface area contributed by atoms with Crippen molar-refractivity contribution in [2.24, 2.45) is 0 Å². The zero-order valence-corrected chi connectivity index (χ0v) is 18.6. The predicted octanol–water partition coefficient (Wildman–Crippen LogP) is 5.15. The van der Waals surface area contributed by atoms with Gasteiger partial charge in [-0.05, 0) is 57.5 Å². The van der Waals surface area contributed by atoms with E-state index in [4.69, 9.17) is 30.5 Å². The van der Waals surface area contributed by atoms with Crippen LogP contribution in [-0.2, 0) is 19.5 Å². The molecule has 1 aliphatic rings. The normalized spacial score (nSPS) is 15.2. The summed E-state index contributed by atoms with van der Waals surface area (Å²) >= 11 is 6.43. The second kappa shape index (κ2) is 9.59. The Bertz CT molecular complexity index is 853. The van der Waals surface area contributed by atoms with Gasteiger partial charge >= 0.3 is 0 Å². The van der Waals surface area contributed by atoms with Gasteiger partial charge in [0.15, 0.2) is 11.5 Å². The number of methoxy groups -OCH3 is 1. The van der Waals surface area contributed by atoms with Gasteiger partial charge in [0, 0.05) is 30.6 Å². The van der Waals surface area contributed by atoms with Crippen LogP contribution in [0.15, 0.2) is 24.3 Å². The van der Waals surface area contributed by atoms with Crippen molar-refractivity contribution < 1.29 is 18.9 Å². The maximum Gasteiger partial charge on any atom is 0.180 e. The van der Waals surface area contributed by atoms with Gasteiger partial charge in [-0.1, -0.05) is 11.6 Å². The summed E-state index contributed by atoms with van der Waals surface area (Å²) in [7, 11) is 1.62. The molecule has 0 aromatic heterocycles. The molecule has 0 aliphatic carbocycles. The lowest BCUT2D eigenvalue weighted by atomic mass is 10.1. The van der Waals surface area contributed by atoms with Crippen molar-refractivity contribution >= 4 is 11.6 Å². The van der Waals surface area contributed by atoms with Crippen LogP contribution in [0.25, 0.3) is 0 Å². The van der Waals surface area contributed by atoms with Crippen LogP contribution in [0.2, 0.25) is 5.02 Å². The van der Waals surface area contributed by atoms with Gasteiger partial charge in [0.2, 0.25) is 0 Å². The van der Waals surface area contributed by atoms with E-state index in [1.54, 1.807) is 7.11 Å². The molecule has 0 saturated heterocycles. The van der Waals surface area contributed by atoms with Crippen molar-refractivity contribution in [1.29, 1.82) is 0 Å². The highest BCUT2D eigenvalue weighted by Crippen LogP contribution is 2.37. The van der Waals surface area contributed by atoms with E-state index >= 15 is 0 Å². The van der Waals surface area contributed by atoms with Gasteiger partial charge in [-0.15, -0.1) is 0 Å². The smallest absolute Gasteiger partial charge is 0.180 e. The maximum absolute atomic E-state index is 6.43. The molecule has 6 heteroatoms. The van der Waals surface area contributed by atoms with Crippen molar-refractivity contribution in [1.82, 2.24) is 5.32 Å². The van der Waals surface area contributed by atoms with Crippen LogP contribution in [0.5, 0.6) is 23.0 Å². The van der Waals surface area contributed by atoms with Gasteiger partial charge in [-0.3, -0.25) is 0 Å². The third-order valence-electron chi connectivity index (χ3n) is 4.67. The summed E-state index contributed by atoms with van der Waals surface area (Å²) in [6.45, 7) is 9.93. The van der Waals surface area contributed by atoms with Crippen molar-refractivity contribution in [2.45, 2.75) is 59.4 Å². The number of fused-ring (bicyclic) bond motifs is 1. The molecule has 0 radical (unpaired) electrons. The van der Waals surface area contributed by atoms with E-state index in [0.717, 1.165) is 29.0 Å². The van der Waals surface area contributed by atoms with Gasteiger partial charge in [0.25, 0.3) is 0 Å². The molecule has 2 aromatic carbocycles. The first-order chi connectivity index (χ1) is 13.9. The molecule has 0 amide bonds. The number of halogens is 1. The average molecular weight is 420 g/mol. The van der Waals surface area contributed by atoms with Gasteiger partial charge in [0.1, 0.15) is 17.6 Å². The minimum Gasteiger partial charge on any atom is -0.494 e. The van der Waals surface area contributed by atoms with Crippen LogP contribution in [0.3, 0.4) is 0 Å². The quantitative estimate of drug-likeness (QED) is 0.609.